The van der Waals surface area contributed by atoms with Gasteiger partial charge >= 0.3 is 58.4 Å². The molecule has 0 heterocycles. The van der Waals surface area contributed by atoms with Crippen molar-refractivity contribution in [3.8, 4) is 0 Å². The summed E-state index contributed by atoms with van der Waals surface area (Å²) in [7, 11) is 8.90. The Kier molecular flexibility index (Phi) is 46.2. The van der Waals surface area contributed by atoms with Crippen molar-refractivity contribution < 1.29 is 40.0 Å². The zero-order valence-electron chi connectivity index (χ0n) is 1.36. The van der Waals surface area contributed by atoms with Crippen LogP contribution in [0.1, 0.15) is 0 Å². The molecule has 0 bridgehead atoms. The van der Waals surface area contributed by atoms with Crippen molar-refractivity contribution in [1.82, 2.24) is 0 Å². The van der Waals surface area contributed by atoms with Gasteiger partial charge < -0.3 is 0 Å². The van der Waals surface area contributed by atoms with Gasteiger partial charge in [0.1, 0.15) is 0 Å². The van der Waals surface area contributed by atoms with E-state index in [9.17, 15) is 0 Å². The molecular formula is Ag2Cl2. The van der Waals surface area contributed by atoms with E-state index in [0.717, 1.165) is 0 Å². The second-order valence-corrected chi connectivity index (χ2v) is 0. The molecule has 0 aliphatic rings. The van der Waals surface area contributed by atoms with Gasteiger partial charge in [-0.1, -0.05) is 0 Å². The SMILES string of the molecule is [Cl][Ag].[Cl][Ag]. The average molecular weight is 287 g/mol. The Labute approximate surface area is 57.7 Å². The molecule has 0 nitrogen and oxygen atoms in total. The summed E-state index contributed by atoms with van der Waals surface area (Å²) in [5, 5.41) is 0. The van der Waals surface area contributed by atoms with Crippen LogP contribution in [-0.2, 0) is 40.0 Å². The molecule has 0 spiro atoms. The Balaban J connectivity index is 0. The molecule has 0 radical (unpaired) electrons. The molecule has 0 saturated carbocycles. The van der Waals surface area contributed by atoms with Gasteiger partial charge in [0, 0.05) is 0 Å². The third kappa shape index (κ3) is 8.96. The first-order chi connectivity index (χ1) is 2.00. The first kappa shape index (κ1) is 9.41. The van der Waals surface area contributed by atoms with Crippen molar-refractivity contribution >= 4 is 18.4 Å². The minimum absolute atomic E-state index is 2.42. The Morgan fingerprint density at radius 1 is 0.750 bits per heavy atom. The van der Waals surface area contributed by atoms with Crippen LogP contribution in [0.3, 0.4) is 0 Å². The van der Waals surface area contributed by atoms with Crippen LogP contribution in [0.15, 0.2) is 0 Å². The monoisotopic (exact) mass is 284 g/mol. The van der Waals surface area contributed by atoms with E-state index in [1.807, 2.05) is 0 Å². The molecule has 36 valence electrons. The number of hydrogen-bond acceptors (Lipinski definition) is 0. The van der Waals surface area contributed by atoms with Gasteiger partial charge in [0.25, 0.3) is 0 Å². The maximum absolute atomic E-state index is 4.45. The standard InChI is InChI=1S/2Ag.2ClH/h;;2*1H/q2*+1;;/p-2. The van der Waals surface area contributed by atoms with Crippen LogP contribution in [-0.4, -0.2) is 0 Å². The second kappa shape index (κ2) is 19.7. The predicted molar refractivity (Wildman–Crippen MR) is 11.7 cm³/mol. The molecule has 0 aromatic rings. The number of hydrogen-bond donors (Lipinski definition) is 0. The summed E-state index contributed by atoms with van der Waals surface area (Å²) in [6.07, 6.45) is 0. The Morgan fingerprint density at radius 3 is 0.750 bits per heavy atom. The minimum atomic E-state index is 2.42. The van der Waals surface area contributed by atoms with E-state index in [1.165, 1.54) is 0 Å². The molecule has 0 atom stereocenters. The summed E-state index contributed by atoms with van der Waals surface area (Å²) in [6, 6.07) is 0. The van der Waals surface area contributed by atoms with Crippen molar-refractivity contribution in [3.63, 3.8) is 0 Å². The molecule has 0 aliphatic heterocycles. The first-order valence-corrected chi connectivity index (χ1v) is 4.05. The molecule has 0 N–H and O–H groups in total. The fourth-order valence-electron chi connectivity index (χ4n) is 0. The van der Waals surface area contributed by atoms with Gasteiger partial charge in [-0.25, -0.2) is 0 Å². The van der Waals surface area contributed by atoms with Crippen LogP contribution in [0.2, 0.25) is 0 Å². The van der Waals surface area contributed by atoms with E-state index < -0.39 is 0 Å². The summed E-state index contributed by atoms with van der Waals surface area (Å²) in [4.78, 5) is 0. The molecule has 4 heteroatoms. The molecule has 0 aromatic carbocycles. The van der Waals surface area contributed by atoms with E-state index in [1.54, 1.807) is 0 Å². The molecule has 0 unspecified atom stereocenters. The van der Waals surface area contributed by atoms with Crippen LogP contribution >= 0.6 is 18.4 Å². The van der Waals surface area contributed by atoms with Crippen molar-refractivity contribution in [2.24, 2.45) is 0 Å². The van der Waals surface area contributed by atoms with Crippen LogP contribution in [0.5, 0.6) is 0 Å². The zero-order chi connectivity index (χ0) is 4.00. The topological polar surface area (TPSA) is 0 Å². The Bertz CT molecular complexity index is 4.00. The van der Waals surface area contributed by atoms with Crippen LogP contribution in [0, 0.1) is 0 Å². The van der Waals surface area contributed by atoms with Crippen molar-refractivity contribution in [2.75, 3.05) is 0 Å². The zero-order valence-corrected chi connectivity index (χ0v) is 5.84. The van der Waals surface area contributed by atoms with E-state index in [4.69, 9.17) is 0 Å². The molecule has 0 saturated heterocycles. The summed E-state index contributed by atoms with van der Waals surface area (Å²) in [6.45, 7) is 0. The van der Waals surface area contributed by atoms with Gasteiger partial charge in [-0.3, -0.25) is 0 Å². The van der Waals surface area contributed by atoms with Gasteiger partial charge in [-0.15, -0.1) is 0 Å². The van der Waals surface area contributed by atoms with E-state index >= 15 is 0 Å². The number of rotatable bonds is 0. The van der Waals surface area contributed by atoms with Crippen LogP contribution in [0.25, 0.3) is 0 Å². The Morgan fingerprint density at radius 2 is 0.750 bits per heavy atom. The van der Waals surface area contributed by atoms with Gasteiger partial charge in [-0.2, -0.15) is 0 Å². The summed E-state index contributed by atoms with van der Waals surface area (Å²) >= 11 is 4.84. The Hall–Kier alpha value is 2.06. The first-order valence-electron chi connectivity index (χ1n) is 0.228. The van der Waals surface area contributed by atoms with Crippen molar-refractivity contribution in [3.05, 3.63) is 0 Å². The molecule has 0 fully saturated rings. The third-order valence-electron chi connectivity index (χ3n) is 0. The van der Waals surface area contributed by atoms with Crippen molar-refractivity contribution in [1.29, 1.82) is 0 Å². The molecule has 0 rings (SSSR count). The van der Waals surface area contributed by atoms with Crippen LogP contribution < -0.4 is 0 Å². The predicted octanol–water partition coefficient (Wildman–Crippen LogP) is 1.37. The van der Waals surface area contributed by atoms with Gasteiger partial charge in [0.15, 0.2) is 0 Å². The van der Waals surface area contributed by atoms with Gasteiger partial charge in [0.05, 0.1) is 0 Å². The fraction of sp³-hybridized carbons (Fsp3) is 0. The third-order valence-corrected chi connectivity index (χ3v) is 0. The maximum atomic E-state index is 4.45. The van der Waals surface area contributed by atoms with Crippen LogP contribution in [0.4, 0.5) is 0 Å². The molecule has 0 amide bonds. The summed E-state index contributed by atoms with van der Waals surface area (Å²) < 4.78 is 0. The van der Waals surface area contributed by atoms with E-state index in [-0.39, 0.29) is 0 Å². The quantitative estimate of drug-likeness (QED) is 0.590. The fourth-order valence-corrected chi connectivity index (χ4v) is 0. The van der Waals surface area contributed by atoms with E-state index in [2.05, 4.69) is 58.4 Å². The van der Waals surface area contributed by atoms with Crippen molar-refractivity contribution in [2.45, 2.75) is 0 Å². The van der Waals surface area contributed by atoms with E-state index in [0.29, 0.717) is 0 Å². The number of halogens is 2. The molecular weight excluding hydrogens is 287 g/mol. The molecule has 0 aromatic heterocycles. The normalized spacial score (nSPS) is 3.50. The second-order valence-electron chi connectivity index (χ2n) is 0. The van der Waals surface area contributed by atoms with Gasteiger partial charge in [-0.05, 0) is 0 Å². The summed E-state index contributed by atoms with van der Waals surface area (Å²) in [5.41, 5.74) is 0. The van der Waals surface area contributed by atoms with Gasteiger partial charge in [0.2, 0.25) is 0 Å². The molecule has 4 heavy (non-hydrogen) atoms. The summed E-state index contributed by atoms with van der Waals surface area (Å²) in [5.74, 6) is 0. The molecule has 0 aliphatic carbocycles. The average Bonchev–Trinajstić information content (AvgIpc) is 1.50.